The predicted octanol–water partition coefficient (Wildman–Crippen LogP) is 2.59. The molecule has 0 aromatic heterocycles. The van der Waals surface area contributed by atoms with Crippen molar-refractivity contribution in [1.29, 1.82) is 0 Å². The quantitative estimate of drug-likeness (QED) is 0.480. The predicted molar refractivity (Wildman–Crippen MR) is 71.5 cm³/mol. The van der Waals surface area contributed by atoms with Crippen molar-refractivity contribution in [2.24, 2.45) is 0 Å². The van der Waals surface area contributed by atoms with Crippen molar-refractivity contribution < 1.29 is 19.1 Å². The molecule has 0 aliphatic carbocycles. The Hall–Kier alpha value is -2.36. The summed E-state index contributed by atoms with van der Waals surface area (Å²) in [4.78, 5) is 23.8. The van der Waals surface area contributed by atoms with E-state index in [0.29, 0.717) is 11.1 Å². The number of ketones is 1. The molecule has 0 spiro atoms. The lowest BCUT2D eigenvalue weighted by atomic mass is 10.0. The molecule has 0 heterocycles. The zero-order chi connectivity index (χ0) is 13.8. The van der Waals surface area contributed by atoms with Gasteiger partial charge in [0.05, 0.1) is 19.3 Å². The molecule has 0 radical (unpaired) electrons. The fraction of sp³-hybridized carbons (Fsp3) is 0.200. The van der Waals surface area contributed by atoms with E-state index in [9.17, 15) is 9.59 Å². The molecule has 0 aliphatic heterocycles. The van der Waals surface area contributed by atoms with Gasteiger partial charge in [-0.15, -0.1) is 0 Å². The third kappa shape index (κ3) is 2.42. The summed E-state index contributed by atoms with van der Waals surface area (Å²) in [5.41, 5.74) is 0.249. The number of rotatable bonds is 4. The molecular formula is C15H14O4. The Morgan fingerprint density at radius 1 is 1.11 bits per heavy atom. The molecule has 0 bridgehead atoms. The first-order valence-electron chi connectivity index (χ1n) is 5.96. The van der Waals surface area contributed by atoms with Crippen molar-refractivity contribution in [2.45, 2.75) is 6.92 Å². The first kappa shape index (κ1) is 13.1. The number of Topliss-reactive ketones (excluding diaryl/α,β-unsaturated/α-hetero) is 1. The Kier molecular flexibility index (Phi) is 3.80. The minimum absolute atomic E-state index is 0.164. The molecule has 0 saturated carbocycles. The van der Waals surface area contributed by atoms with Crippen LogP contribution in [0.15, 0.2) is 36.4 Å². The number of methoxy groups -OCH3 is 1. The molecule has 0 saturated heterocycles. The van der Waals surface area contributed by atoms with Gasteiger partial charge in [0.2, 0.25) is 0 Å². The maximum atomic E-state index is 12.2. The Labute approximate surface area is 110 Å². The summed E-state index contributed by atoms with van der Waals surface area (Å²) in [6.07, 6.45) is 0. The number of esters is 1. The zero-order valence-corrected chi connectivity index (χ0v) is 10.8. The van der Waals surface area contributed by atoms with Crippen molar-refractivity contribution in [1.82, 2.24) is 0 Å². The van der Waals surface area contributed by atoms with Gasteiger partial charge in [0.25, 0.3) is 5.78 Å². The molecule has 4 heteroatoms. The molecule has 2 aromatic carbocycles. The highest BCUT2D eigenvalue weighted by Crippen LogP contribution is 2.28. The van der Waals surface area contributed by atoms with Gasteiger partial charge >= 0.3 is 5.97 Å². The fourth-order valence-electron chi connectivity index (χ4n) is 1.95. The van der Waals surface area contributed by atoms with E-state index in [0.717, 1.165) is 5.39 Å². The van der Waals surface area contributed by atoms with Gasteiger partial charge in [-0.25, -0.2) is 4.79 Å². The van der Waals surface area contributed by atoms with Crippen LogP contribution in [0.1, 0.15) is 17.3 Å². The Morgan fingerprint density at radius 3 is 2.53 bits per heavy atom. The third-order valence-electron chi connectivity index (χ3n) is 2.80. The number of carbonyl (C=O) groups is 2. The van der Waals surface area contributed by atoms with E-state index in [1.54, 1.807) is 19.1 Å². The normalized spacial score (nSPS) is 10.2. The average Bonchev–Trinajstić information content (AvgIpc) is 2.45. The van der Waals surface area contributed by atoms with E-state index in [4.69, 9.17) is 9.47 Å². The van der Waals surface area contributed by atoms with Gasteiger partial charge in [-0.1, -0.05) is 30.3 Å². The van der Waals surface area contributed by atoms with Gasteiger partial charge in [-0.05, 0) is 23.8 Å². The molecule has 0 aliphatic rings. The average molecular weight is 258 g/mol. The fourth-order valence-corrected chi connectivity index (χ4v) is 1.95. The number of fused-ring (bicyclic) bond motifs is 1. The van der Waals surface area contributed by atoms with Gasteiger partial charge in [0, 0.05) is 0 Å². The standard InChI is InChI=1S/C15H14O4/c1-3-19-15(17)14(16)13-11-7-5-4-6-10(11)8-9-12(13)18-2/h4-9H,3H2,1-2H3. The lowest BCUT2D eigenvalue weighted by Crippen LogP contribution is -2.18. The number of benzene rings is 2. The summed E-state index contributed by atoms with van der Waals surface area (Å²) in [6, 6.07) is 10.9. The first-order chi connectivity index (χ1) is 9.19. The van der Waals surface area contributed by atoms with E-state index >= 15 is 0 Å². The molecule has 0 unspecified atom stereocenters. The molecule has 0 amide bonds. The summed E-state index contributed by atoms with van der Waals surface area (Å²) in [5, 5.41) is 1.55. The topological polar surface area (TPSA) is 52.6 Å². The maximum Gasteiger partial charge on any atom is 0.379 e. The first-order valence-corrected chi connectivity index (χ1v) is 5.96. The summed E-state index contributed by atoms with van der Waals surface area (Å²) >= 11 is 0. The Bertz CT molecular complexity index is 631. The molecule has 98 valence electrons. The maximum absolute atomic E-state index is 12.2. The van der Waals surface area contributed by atoms with Gasteiger partial charge in [0.15, 0.2) is 0 Å². The van der Waals surface area contributed by atoms with Gasteiger partial charge in [0.1, 0.15) is 5.75 Å². The highest BCUT2D eigenvalue weighted by atomic mass is 16.5. The second-order valence-electron chi connectivity index (χ2n) is 3.91. The minimum atomic E-state index is -0.864. The number of carbonyl (C=O) groups excluding carboxylic acids is 2. The van der Waals surface area contributed by atoms with Crippen LogP contribution < -0.4 is 4.74 Å². The second kappa shape index (κ2) is 5.52. The van der Waals surface area contributed by atoms with Crippen molar-refractivity contribution in [3.8, 4) is 5.75 Å². The van der Waals surface area contributed by atoms with Crippen LogP contribution >= 0.6 is 0 Å². The van der Waals surface area contributed by atoms with Crippen LogP contribution in [0.5, 0.6) is 5.75 Å². The lowest BCUT2D eigenvalue weighted by molar-refractivity contribution is -0.137. The largest absolute Gasteiger partial charge is 0.496 e. The van der Waals surface area contributed by atoms with E-state index < -0.39 is 11.8 Å². The van der Waals surface area contributed by atoms with Crippen molar-refractivity contribution in [3.63, 3.8) is 0 Å². The number of hydrogen-bond acceptors (Lipinski definition) is 4. The van der Waals surface area contributed by atoms with Gasteiger partial charge in [-0.2, -0.15) is 0 Å². The van der Waals surface area contributed by atoms with Crippen LogP contribution in [0, 0.1) is 0 Å². The van der Waals surface area contributed by atoms with Crippen LogP contribution in [0.2, 0.25) is 0 Å². The molecule has 0 atom stereocenters. The molecular weight excluding hydrogens is 244 g/mol. The van der Waals surface area contributed by atoms with Gasteiger partial charge in [-0.3, -0.25) is 4.79 Å². The molecule has 2 rings (SSSR count). The van der Waals surface area contributed by atoms with Crippen molar-refractivity contribution >= 4 is 22.5 Å². The molecule has 19 heavy (non-hydrogen) atoms. The van der Waals surface area contributed by atoms with E-state index in [1.165, 1.54) is 7.11 Å². The zero-order valence-electron chi connectivity index (χ0n) is 10.8. The Morgan fingerprint density at radius 2 is 1.84 bits per heavy atom. The molecule has 0 N–H and O–H groups in total. The number of hydrogen-bond donors (Lipinski definition) is 0. The number of ether oxygens (including phenoxy) is 2. The van der Waals surface area contributed by atoms with Crippen LogP contribution in [0.4, 0.5) is 0 Å². The third-order valence-corrected chi connectivity index (χ3v) is 2.80. The monoisotopic (exact) mass is 258 g/mol. The van der Waals surface area contributed by atoms with Crippen molar-refractivity contribution in [2.75, 3.05) is 13.7 Å². The van der Waals surface area contributed by atoms with E-state index in [2.05, 4.69) is 0 Å². The highest BCUT2D eigenvalue weighted by molar-refractivity contribution is 6.43. The van der Waals surface area contributed by atoms with Gasteiger partial charge < -0.3 is 9.47 Å². The minimum Gasteiger partial charge on any atom is -0.496 e. The van der Waals surface area contributed by atoms with E-state index in [1.807, 2.05) is 24.3 Å². The molecule has 0 fully saturated rings. The Balaban J connectivity index is 2.62. The van der Waals surface area contributed by atoms with Crippen LogP contribution in [0.25, 0.3) is 10.8 Å². The molecule has 4 nitrogen and oxygen atoms in total. The molecule has 2 aromatic rings. The second-order valence-corrected chi connectivity index (χ2v) is 3.91. The van der Waals surface area contributed by atoms with E-state index in [-0.39, 0.29) is 12.2 Å². The summed E-state index contributed by atoms with van der Waals surface area (Å²) in [7, 11) is 1.46. The SMILES string of the molecule is CCOC(=O)C(=O)c1c(OC)ccc2ccccc12. The highest BCUT2D eigenvalue weighted by Gasteiger charge is 2.23. The van der Waals surface area contributed by atoms with Crippen molar-refractivity contribution in [3.05, 3.63) is 42.0 Å². The van der Waals surface area contributed by atoms with Crippen LogP contribution in [-0.4, -0.2) is 25.5 Å². The summed E-state index contributed by atoms with van der Waals surface area (Å²) in [5.74, 6) is -1.18. The van der Waals surface area contributed by atoms with Crippen LogP contribution in [-0.2, 0) is 9.53 Å². The smallest absolute Gasteiger partial charge is 0.379 e. The summed E-state index contributed by atoms with van der Waals surface area (Å²) < 4.78 is 9.94. The van der Waals surface area contributed by atoms with Crippen LogP contribution in [0.3, 0.4) is 0 Å². The summed E-state index contributed by atoms with van der Waals surface area (Å²) in [6.45, 7) is 1.82. The lowest BCUT2D eigenvalue weighted by Gasteiger charge is -2.10.